The van der Waals surface area contributed by atoms with Crippen molar-refractivity contribution >= 4 is 16.5 Å². The molecule has 1 heterocycles. The van der Waals surface area contributed by atoms with Gasteiger partial charge in [-0.3, -0.25) is 4.21 Å². The molecule has 1 aliphatic rings. The number of ether oxygens (including phenoxy) is 1. The molecule has 0 aliphatic carbocycles. The standard InChI is InChI=1S/C12H17NO2S/c13-10-4-3-6-12(8-10)16(14)9-11-5-1-2-7-15-11/h3-4,6,8,11H,1-2,5,7,9,13H2. The highest BCUT2D eigenvalue weighted by Crippen LogP contribution is 2.17. The van der Waals surface area contributed by atoms with Crippen LogP contribution >= 0.6 is 0 Å². The summed E-state index contributed by atoms with van der Waals surface area (Å²) in [5.41, 5.74) is 6.33. The highest BCUT2D eigenvalue weighted by atomic mass is 32.2. The second-order valence-corrected chi connectivity index (χ2v) is 5.57. The van der Waals surface area contributed by atoms with E-state index in [1.54, 1.807) is 12.1 Å². The van der Waals surface area contributed by atoms with Crippen LogP contribution in [0.5, 0.6) is 0 Å². The fraction of sp³-hybridized carbons (Fsp3) is 0.500. The molecule has 1 saturated heterocycles. The number of nitrogens with two attached hydrogens (primary N) is 1. The maximum absolute atomic E-state index is 12.0. The predicted octanol–water partition coefficient (Wildman–Crippen LogP) is 1.95. The fourth-order valence-electron chi connectivity index (χ4n) is 1.86. The SMILES string of the molecule is Nc1cccc(S(=O)CC2CCCCO2)c1. The zero-order chi connectivity index (χ0) is 11.4. The van der Waals surface area contributed by atoms with Crippen LogP contribution in [0.3, 0.4) is 0 Å². The Morgan fingerprint density at radius 1 is 1.44 bits per heavy atom. The summed E-state index contributed by atoms with van der Waals surface area (Å²) in [6.45, 7) is 0.804. The van der Waals surface area contributed by atoms with Gasteiger partial charge >= 0.3 is 0 Å². The van der Waals surface area contributed by atoms with E-state index in [4.69, 9.17) is 10.5 Å². The molecule has 0 bridgehead atoms. The summed E-state index contributed by atoms with van der Waals surface area (Å²) < 4.78 is 17.6. The minimum Gasteiger partial charge on any atom is -0.399 e. The maximum atomic E-state index is 12.0. The molecular weight excluding hydrogens is 222 g/mol. The smallest absolute Gasteiger partial charge is 0.0693 e. The molecule has 0 spiro atoms. The van der Waals surface area contributed by atoms with Gasteiger partial charge in [0, 0.05) is 17.2 Å². The Hall–Kier alpha value is -0.870. The molecule has 2 N–H and O–H groups in total. The predicted molar refractivity (Wildman–Crippen MR) is 65.7 cm³/mol. The van der Waals surface area contributed by atoms with Crippen LogP contribution in [0.1, 0.15) is 19.3 Å². The molecule has 2 rings (SSSR count). The summed E-state index contributed by atoms with van der Waals surface area (Å²) in [5, 5.41) is 0. The first-order valence-corrected chi connectivity index (χ1v) is 6.93. The highest BCUT2D eigenvalue weighted by molar-refractivity contribution is 7.85. The van der Waals surface area contributed by atoms with Crippen LogP contribution in [0, 0.1) is 0 Å². The monoisotopic (exact) mass is 239 g/mol. The molecular formula is C12H17NO2S. The summed E-state index contributed by atoms with van der Waals surface area (Å²) >= 11 is 0. The third kappa shape index (κ3) is 3.06. The van der Waals surface area contributed by atoms with Crippen molar-refractivity contribution in [3.8, 4) is 0 Å². The first kappa shape index (κ1) is 11.6. The Kier molecular flexibility index (Phi) is 3.96. The van der Waals surface area contributed by atoms with Gasteiger partial charge in [-0.25, -0.2) is 0 Å². The molecule has 1 aliphatic heterocycles. The van der Waals surface area contributed by atoms with E-state index in [0.717, 1.165) is 24.3 Å². The first-order valence-electron chi connectivity index (χ1n) is 5.61. The Balaban J connectivity index is 1.97. The lowest BCUT2D eigenvalue weighted by atomic mass is 10.1. The third-order valence-corrected chi connectivity index (χ3v) is 4.19. The molecule has 88 valence electrons. The van der Waals surface area contributed by atoms with Gasteiger partial charge in [-0.15, -0.1) is 0 Å². The van der Waals surface area contributed by atoms with Crippen molar-refractivity contribution in [2.75, 3.05) is 18.1 Å². The molecule has 0 saturated carbocycles. The van der Waals surface area contributed by atoms with Gasteiger partial charge < -0.3 is 10.5 Å². The van der Waals surface area contributed by atoms with Crippen LogP contribution in [-0.4, -0.2) is 22.7 Å². The van der Waals surface area contributed by atoms with Crippen molar-refractivity contribution in [1.82, 2.24) is 0 Å². The molecule has 3 nitrogen and oxygen atoms in total. The summed E-state index contributed by atoms with van der Waals surface area (Å²) in [6.07, 6.45) is 3.48. The lowest BCUT2D eigenvalue weighted by Crippen LogP contribution is -2.25. The van der Waals surface area contributed by atoms with E-state index in [0.29, 0.717) is 11.4 Å². The van der Waals surface area contributed by atoms with Gasteiger partial charge in [0.05, 0.1) is 22.7 Å². The average molecular weight is 239 g/mol. The summed E-state index contributed by atoms with van der Waals surface area (Å²) in [5.74, 6) is 0.587. The minimum absolute atomic E-state index is 0.149. The van der Waals surface area contributed by atoms with E-state index < -0.39 is 10.8 Å². The van der Waals surface area contributed by atoms with E-state index in [2.05, 4.69) is 0 Å². The van der Waals surface area contributed by atoms with Gasteiger partial charge in [-0.05, 0) is 37.5 Å². The van der Waals surface area contributed by atoms with Gasteiger partial charge in [0.2, 0.25) is 0 Å². The molecule has 1 aromatic rings. The third-order valence-electron chi connectivity index (χ3n) is 2.73. The molecule has 16 heavy (non-hydrogen) atoms. The van der Waals surface area contributed by atoms with Crippen LogP contribution < -0.4 is 5.73 Å². The van der Waals surface area contributed by atoms with Crippen molar-refractivity contribution in [3.63, 3.8) is 0 Å². The van der Waals surface area contributed by atoms with Crippen LogP contribution in [0.15, 0.2) is 29.2 Å². The molecule has 4 heteroatoms. The second-order valence-electron chi connectivity index (χ2n) is 4.07. The highest BCUT2D eigenvalue weighted by Gasteiger charge is 2.17. The van der Waals surface area contributed by atoms with Crippen LogP contribution in [0.4, 0.5) is 5.69 Å². The zero-order valence-electron chi connectivity index (χ0n) is 9.22. The topological polar surface area (TPSA) is 52.3 Å². The van der Waals surface area contributed by atoms with Crippen LogP contribution in [-0.2, 0) is 15.5 Å². The van der Waals surface area contributed by atoms with Gasteiger partial charge in [0.1, 0.15) is 0 Å². The number of nitrogen functional groups attached to an aromatic ring is 1. The largest absolute Gasteiger partial charge is 0.399 e. The van der Waals surface area contributed by atoms with E-state index in [1.807, 2.05) is 12.1 Å². The van der Waals surface area contributed by atoms with Gasteiger partial charge in [0.15, 0.2) is 0 Å². The van der Waals surface area contributed by atoms with Crippen LogP contribution in [0.25, 0.3) is 0 Å². The van der Waals surface area contributed by atoms with Crippen molar-refractivity contribution < 1.29 is 8.95 Å². The van der Waals surface area contributed by atoms with Gasteiger partial charge in [-0.2, -0.15) is 0 Å². The lowest BCUT2D eigenvalue weighted by molar-refractivity contribution is 0.0310. The quantitative estimate of drug-likeness (QED) is 0.820. The number of anilines is 1. The van der Waals surface area contributed by atoms with Crippen molar-refractivity contribution in [3.05, 3.63) is 24.3 Å². The average Bonchev–Trinajstić information content (AvgIpc) is 2.30. The van der Waals surface area contributed by atoms with E-state index in [9.17, 15) is 4.21 Å². The van der Waals surface area contributed by atoms with E-state index in [-0.39, 0.29) is 6.10 Å². The Morgan fingerprint density at radius 3 is 3.00 bits per heavy atom. The lowest BCUT2D eigenvalue weighted by Gasteiger charge is -2.22. The van der Waals surface area contributed by atoms with Gasteiger partial charge in [0.25, 0.3) is 0 Å². The van der Waals surface area contributed by atoms with Crippen molar-refractivity contribution in [2.45, 2.75) is 30.3 Å². The first-order chi connectivity index (χ1) is 7.75. The molecule has 2 atom stereocenters. The van der Waals surface area contributed by atoms with Crippen molar-refractivity contribution in [2.24, 2.45) is 0 Å². The maximum Gasteiger partial charge on any atom is 0.0693 e. The van der Waals surface area contributed by atoms with Crippen LogP contribution in [0.2, 0.25) is 0 Å². The Labute approximate surface area is 98.4 Å². The number of hydrogen-bond acceptors (Lipinski definition) is 3. The molecule has 0 radical (unpaired) electrons. The normalized spacial score (nSPS) is 22.9. The summed E-state index contributed by atoms with van der Waals surface area (Å²) in [7, 11) is -0.996. The van der Waals surface area contributed by atoms with Crippen molar-refractivity contribution in [1.29, 1.82) is 0 Å². The molecule has 1 fully saturated rings. The Morgan fingerprint density at radius 2 is 2.31 bits per heavy atom. The molecule has 1 aromatic carbocycles. The molecule has 0 aromatic heterocycles. The molecule has 2 unspecified atom stereocenters. The number of benzene rings is 1. The second kappa shape index (κ2) is 5.46. The summed E-state index contributed by atoms with van der Waals surface area (Å²) in [6, 6.07) is 7.27. The number of hydrogen-bond donors (Lipinski definition) is 1. The van der Waals surface area contributed by atoms with E-state index in [1.165, 1.54) is 6.42 Å². The van der Waals surface area contributed by atoms with E-state index >= 15 is 0 Å². The number of rotatable bonds is 3. The molecule has 0 amide bonds. The van der Waals surface area contributed by atoms with Gasteiger partial charge in [-0.1, -0.05) is 6.07 Å². The summed E-state index contributed by atoms with van der Waals surface area (Å²) in [4.78, 5) is 0.800. The zero-order valence-corrected chi connectivity index (χ0v) is 10.0. The Bertz CT molecular complexity index is 375. The fourth-order valence-corrected chi connectivity index (χ4v) is 3.15. The minimum atomic E-state index is -0.996.